The number of ether oxygens (including phenoxy) is 1. The van der Waals surface area contributed by atoms with E-state index < -0.39 is 0 Å². The van der Waals surface area contributed by atoms with Crippen molar-refractivity contribution in [1.29, 1.82) is 0 Å². The summed E-state index contributed by atoms with van der Waals surface area (Å²) < 4.78 is 5.34. The molecule has 0 N–H and O–H groups in total. The second-order valence-corrected chi connectivity index (χ2v) is 2.09. The summed E-state index contributed by atoms with van der Waals surface area (Å²) in [6.07, 6.45) is 2.71. The van der Waals surface area contributed by atoms with Crippen LogP contribution in [0.5, 0.6) is 0 Å². The summed E-state index contributed by atoms with van der Waals surface area (Å²) in [5.41, 5.74) is 0. The molecule has 0 aliphatic heterocycles. The van der Waals surface area contributed by atoms with Crippen LogP contribution >= 0.6 is 0 Å². The Morgan fingerprint density at radius 2 is 1.80 bits per heavy atom. The Morgan fingerprint density at radius 1 is 1.30 bits per heavy atom. The lowest BCUT2D eigenvalue weighted by Crippen LogP contribution is -2.06. The van der Waals surface area contributed by atoms with Gasteiger partial charge in [0.2, 0.25) is 0 Å². The monoisotopic (exact) mass is 148 g/mol. The third-order valence-corrected chi connectivity index (χ3v) is 1.18. The van der Waals surface area contributed by atoms with Crippen molar-refractivity contribution in [3.63, 3.8) is 0 Å². The molecule has 1 unspecified atom stereocenters. The van der Waals surface area contributed by atoms with Crippen LogP contribution in [0.3, 0.4) is 0 Å². The van der Waals surface area contributed by atoms with Gasteiger partial charge in [0.15, 0.2) is 0 Å². The molecule has 0 saturated carbocycles. The highest BCUT2D eigenvalue weighted by molar-refractivity contribution is 4.42. The molecule has 0 aliphatic carbocycles. The van der Waals surface area contributed by atoms with E-state index in [4.69, 9.17) is 4.74 Å². The molecule has 0 aliphatic rings. The third kappa shape index (κ3) is 10.9. The van der Waals surface area contributed by atoms with Crippen molar-refractivity contribution in [1.82, 2.24) is 0 Å². The molecular formula is C9H24O. The first-order valence-electron chi connectivity index (χ1n) is 4.42. The Morgan fingerprint density at radius 3 is 2.10 bits per heavy atom. The molecule has 10 heavy (non-hydrogen) atoms. The van der Waals surface area contributed by atoms with Crippen LogP contribution in [0.4, 0.5) is 0 Å². The molecule has 0 heterocycles. The van der Waals surface area contributed by atoms with Gasteiger partial charge in [0.05, 0.1) is 6.10 Å². The van der Waals surface area contributed by atoms with E-state index in [0.717, 1.165) is 19.4 Å². The Balaban J connectivity index is -0.000000196. The molecule has 0 bridgehead atoms. The van der Waals surface area contributed by atoms with Crippen LogP contribution in [0.2, 0.25) is 0 Å². The van der Waals surface area contributed by atoms with Crippen LogP contribution in [0.25, 0.3) is 0 Å². The summed E-state index contributed by atoms with van der Waals surface area (Å²) in [7, 11) is 0. The second-order valence-electron chi connectivity index (χ2n) is 2.09. The van der Waals surface area contributed by atoms with E-state index in [-0.39, 0.29) is 1.43 Å². The first kappa shape index (κ1) is 12.6. The van der Waals surface area contributed by atoms with Crippen molar-refractivity contribution >= 4 is 0 Å². The van der Waals surface area contributed by atoms with E-state index in [0.29, 0.717) is 6.10 Å². The highest BCUT2D eigenvalue weighted by atomic mass is 16.5. The Labute approximate surface area is 67.3 Å². The van der Waals surface area contributed by atoms with Crippen LogP contribution in [-0.2, 0) is 4.74 Å². The van der Waals surface area contributed by atoms with Gasteiger partial charge in [-0.15, -0.1) is 0 Å². The van der Waals surface area contributed by atoms with Crippen molar-refractivity contribution in [3.8, 4) is 0 Å². The van der Waals surface area contributed by atoms with Gasteiger partial charge in [-0.1, -0.05) is 27.7 Å². The highest BCUT2D eigenvalue weighted by Gasteiger charge is 1.93. The molecule has 0 spiro atoms. The SMILES string of the molecule is CC.CCCOC(C)CC.[HH]. The fourth-order valence-corrected chi connectivity index (χ4v) is 0.437. The molecular weight excluding hydrogens is 124 g/mol. The van der Waals surface area contributed by atoms with E-state index in [1.54, 1.807) is 0 Å². The summed E-state index contributed by atoms with van der Waals surface area (Å²) >= 11 is 0. The van der Waals surface area contributed by atoms with Gasteiger partial charge >= 0.3 is 0 Å². The third-order valence-electron chi connectivity index (χ3n) is 1.18. The summed E-state index contributed by atoms with van der Waals surface area (Å²) in [5, 5.41) is 0. The molecule has 1 nitrogen and oxygen atoms in total. The molecule has 0 aromatic carbocycles. The van der Waals surface area contributed by atoms with Gasteiger partial charge in [-0.2, -0.15) is 0 Å². The van der Waals surface area contributed by atoms with Crippen molar-refractivity contribution in [2.45, 2.75) is 53.6 Å². The Bertz CT molecular complexity index is 48.8. The van der Waals surface area contributed by atoms with Gasteiger partial charge in [0, 0.05) is 8.03 Å². The fourth-order valence-electron chi connectivity index (χ4n) is 0.437. The van der Waals surface area contributed by atoms with Crippen LogP contribution in [-0.4, -0.2) is 12.7 Å². The summed E-state index contributed by atoms with van der Waals surface area (Å²) in [6, 6.07) is 0. The maximum absolute atomic E-state index is 5.34. The van der Waals surface area contributed by atoms with E-state index in [2.05, 4.69) is 20.8 Å². The second kappa shape index (κ2) is 11.7. The normalized spacial score (nSPS) is 11.7. The van der Waals surface area contributed by atoms with Gasteiger partial charge in [-0.25, -0.2) is 0 Å². The molecule has 0 amide bonds. The molecule has 0 rings (SSSR count). The number of hydrogen-bond acceptors (Lipinski definition) is 1. The van der Waals surface area contributed by atoms with Gasteiger partial charge in [0.1, 0.15) is 0 Å². The minimum Gasteiger partial charge on any atom is -0.379 e. The van der Waals surface area contributed by atoms with E-state index in [1.807, 2.05) is 13.8 Å². The lowest BCUT2D eigenvalue weighted by molar-refractivity contribution is 0.0642. The number of hydrogen-bond donors (Lipinski definition) is 0. The first-order chi connectivity index (χ1) is 4.81. The first-order valence-corrected chi connectivity index (χ1v) is 4.42. The maximum atomic E-state index is 5.34. The standard InChI is InChI=1S/C7H16O.C2H6.H2/c1-4-6-8-7(3)5-2;1-2;/h7H,4-6H2,1-3H3;1-2H3;1H. The predicted octanol–water partition coefficient (Wildman–Crippen LogP) is 3.48. The summed E-state index contributed by atoms with van der Waals surface area (Å²) in [6.45, 7) is 11.3. The molecule has 1 heteroatoms. The number of rotatable bonds is 4. The molecule has 1 atom stereocenters. The highest BCUT2D eigenvalue weighted by Crippen LogP contribution is 1.95. The minimum absolute atomic E-state index is 0. The average molecular weight is 148 g/mol. The topological polar surface area (TPSA) is 9.23 Å². The molecule has 0 aromatic heterocycles. The van der Waals surface area contributed by atoms with Gasteiger partial charge < -0.3 is 4.74 Å². The van der Waals surface area contributed by atoms with Gasteiger partial charge in [-0.05, 0) is 19.8 Å². The smallest absolute Gasteiger partial charge is 0.0544 e. The van der Waals surface area contributed by atoms with Crippen LogP contribution < -0.4 is 0 Å². The van der Waals surface area contributed by atoms with Crippen molar-refractivity contribution < 1.29 is 6.16 Å². The molecule has 0 saturated heterocycles. The van der Waals surface area contributed by atoms with E-state index in [9.17, 15) is 0 Å². The average Bonchev–Trinajstić information content (AvgIpc) is 2.04. The Hall–Kier alpha value is -0.0400. The largest absolute Gasteiger partial charge is 0.379 e. The van der Waals surface area contributed by atoms with E-state index in [1.165, 1.54) is 0 Å². The van der Waals surface area contributed by atoms with Crippen LogP contribution in [0.15, 0.2) is 0 Å². The van der Waals surface area contributed by atoms with Crippen LogP contribution in [0, 0.1) is 0 Å². The zero-order valence-electron chi connectivity index (χ0n) is 8.11. The lowest BCUT2D eigenvalue weighted by atomic mass is 10.3. The van der Waals surface area contributed by atoms with Gasteiger partial charge in [0.25, 0.3) is 0 Å². The van der Waals surface area contributed by atoms with Crippen molar-refractivity contribution in [3.05, 3.63) is 0 Å². The van der Waals surface area contributed by atoms with Crippen LogP contribution in [0.1, 0.15) is 48.9 Å². The van der Waals surface area contributed by atoms with Gasteiger partial charge in [-0.3, -0.25) is 0 Å². The molecule has 0 radical (unpaired) electrons. The van der Waals surface area contributed by atoms with Crippen molar-refractivity contribution in [2.75, 3.05) is 6.61 Å². The zero-order chi connectivity index (χ0) is 8.41. The predicted molar refractivity (Wildman–Crippen MR) is 49.5 cm³/mol. The quantitative estimate of drug-likeness (QED) is 0.593. The molecule has 66 valence electrons. The molecule has 0 fully saturated rings. The lowest BCUT2D eigenvalue weighted by Gasteiger charge is -2.07. The van der Waals surface area contributed by atoms with Crippen molar-refractivity contribution in [2.24, 2.45) is 0 Å². The summed E-state index contributed by atoms with van der Waals surface area (Å²) in [5.74, 6) is 0. The maximum Gasteiger partial charge on any atom is 0.0544 e. The fraction of sp³-hybridized carbons (Fsp3) is 1.00. The summed E-state index contributed by atoms with van der Waals surface area (Å²) in [4.78, 5) is 0. The Kier molecular flexibility index (Phi) is 14.8. The minimum atomic E-state index is 0. The molecule has 0 aromatic rings. The van der Waals surface area contributed by atoms with E-state index >= 15 is 0 Å². The zero-order valence-corrected chi connectivity index (χ0v) is 8.11.